The molecule has 8 atom stereocenters. The summed E-state index contributed by atoms with van der Waals surface area (Å²) in [7, 11) is 3.03. The molecule has 1 N–H and O–H groups in total. The van der Waals surface area contributed by atoms with E-state index < -0.39 is 48.0 Å². The maximum absolute atomic E-state index is 12.9. The Bertz CT molecular complexity index is 814. The van der Waals surface area contributed by atoms with Gasteiger partial charge in [-0.3, -0.25) is 14.4 Å². The predicted octanol–water partition coefficient (Wildman–Crippen LogP) is 2.92. The topological polar surface area (TPSA) is 119 Å². The molecule has 2 aliphatic rings. The van der Waals surface area contributed by atoms with Gasteiger partial charge in [0.05, 0.1) is 30.8 Å². The summed E-state index contributed by atoms with van der Waals surface area (Å²) < 4.78 is 34.4. The first kappa shape index (κ1) is 31.2. The monoisotopic (exact) mass is 527 g/mol. The van der Waals surface area contributed by atoms with Crippen LogP contribution in [-0.2, 0) is 42.8 Å². The first-order chi connectivity index (χ1) is 17.3. The van der Waals surface area contributed by atoms with Crippen LogP contribution < -0.4 is 5.32 Å². The van der Waals surface area contributed by atoms with Gasteiger partial charge in [-0.05, 0) is 13.3 Å². The molecule has 0 bridgehead atoms. The third-order valence-electron chi connectivity index (χ3n) is 7.59. The van der Waals surface area contributed by atoms with Gasteiger partial charge in [-0.15, -0.1) is 0 Å². The Balaban J connectivity index is 2.14. The molecule has 0 saturated carbocycles. The maximum atomic E-state index is 12.9. The van der Waals surface area contributed by atoms with Crippen molar-refractivity contribution in [2.24, 2.45) is 11.3 Å². The van der Waals surface area contributed by atoms with Gasteiger partial charge in [0.25, 0.3) is 0 Å². The lowest BCUT2D eigenvalue weighted by Crippen LogP contribution is -2.58. The van der Waals surface area contributed by atoms with Crippen molar-refractivity contribution in [2.75, 3.05) is 20.8 Å². The van der Waals surface area contributed by atoms with Crippen LogP contribution in [0.2, 0.25) is 0 Å². The minimum atomic E-state index is -0.776. The van der Waals surface area contributed by atoms with Crippen molar-refractivity contribution in [3.05, 3.63) is 12.2 Å². The van der Waals surface area contributed by atoms with E-state index in [4.69, 9.17) is 28.4 Å². The van der Waals surface area contributed by atoms with Crippen LogP contribution in [0, 0.1) is 11.3 Å². The first-order valence-corrected chi connectivity index (χ1v) is 12.9. The highest BCUT2D eigenvalue weighted by Gasteiger charge is 2.49. The third kappa shape index (κ3) is 8.77. The van der Waals surface area contributed by atoms with Crippen LogP contribution in [0.25, 0.3) is 0 Å². The Morgan fingerprint density at radius 3 is 2.32 bits per heavy atom. The third-order valence-corrected chi connectivity index (χ3v) is 7.59. The Kier molecular flexibility index (Phi) is 11.5. The fraction of sp³-hybridized carbons (Fsp3) is 0.815. The van der Waals surface area contributed by atoms with Crippen LogP contribution in [0.15, 0.2) is 12.2 Å². The molecule has 0 aromatic heterocycles. The average molecular weight is 528 g/mol. The zero-order valence-corrected chi connectivity index (χ0v) is 23.5. The highest BCUT2D eigenvalue weighted by Crippen LogP contribution is 2.41. The molecule has 10 heteroatoms. The zero-order valence-electron chi connectivity index (χ0n) is 23.5. The average Bonchev–Trinajstić information content (AvgIpc) is 2.80. The number of carbonyl (C=O) groups is 3. The second-order valence-electron chi connectivity index (χ2n) is 10.8. The lowest BCUT2D eigenvalue weighted by atomic mass is 9.74. The normalized spacial score (nSPS) is 31.2. The summed E-state index contributed by atoms with van der Waals surface area (Å²) in [6, 6.07) is 0. The quantitative estimate of drug-likeness (QED) is 0.246. The number of amides is 1. The van der Waals surface area contributed by atoms with E-state index in [-0.39, 0.29) is 37.1 Å². The molecule has 10 nitrogen and oxygen atoms in total. The number of hydrogen-bond donors (Lipinski definition) is 1. The maximum Gasteiger partial charge on any atom is 0.302 e. The summed E-state index contributed by atoms with van der Waals surface area (Å²) in [6.45, 7) is 14.9. The Morgan fingerprint density at radius 2 is 1.78 bits per heavy atom. The van der Waals surface area contributed by atoms with E-state index in [1.807, 2.05) is 20.8 Å². The number of ether oxygens (including phenoxy) is 6. The van der Waals surface area contributed by atoms with Gasteiger partial charge >= 0.3 is 11.9 Å². The number of methoxy groups -OCH3 is 2. The van der Waals surface area contributed by atoms with Crippen LogP contribution in [-0.4, -0.2) is 81.5 Å². The van der Waals surface area contributed by atoms with Gasteiger partial charge in [-0.25, -0.2) is 0 Å². The van der Waals surface area contributed by atoms with Gasteiger partial charge in [0.2, 0.25) is 5.91 Å². The molecule has 8 unspecified atom stereocenters. The molecule has 0 radical (unpaired) electrons. The second kappa shape index (κ2) is 13.7. The van der Waals surface area contributed by atoms with Crippen LogP contribution in [0.4, 0.5) is 0 Å². The van der Waals surface area contributed by atoms with E-state index in [1.54, 1.807) is 0 Å². The van der Waals surface area contributed by atoms with E-state index in [0.717, 1.165) is 5.57 Å². The molecule has 1 amide bonds. The number of rotatable bonds is 11. The van der Waals surface area contributed by atoms with Crippen molar-refractivity contribution in [1.82, 2.24) is 5.32 Å². The van der Waals surface area contributed by atoms with Gasteiger partial charge < -0.3 is 33.7 Å². The van der Waals surface area contributed by atoms with Gasteiger partial charge in [0.1, 0.15) is 18.8 Å². The molecule has 2 aliphatic heterocycles. The number of esters is 2. The van der Waals surface area contributed by atoms with E-state index in [9.17, 15) is 14.4 Å². The molecule has 2 heterocycles. The summed E-state index contributed by atoms with van der Waals surface area (Å²) >= 11 is 0. The van der Waals surface area contributed by atoms with Gasteiger partial charge in [-0.1, -0.05) is 32.9 Å². The second-order valence-corrected chi connectivity index (χ2v) is 10.8. The van der Waals surface area contributed by atoms with Crippen molar-refractivity contribution >= 4 is 17.8 Å². The van der Waals surface area contributed by atoms with Crippen molar-refractivity contribution in [1.29, 1.82) is 0 Å². The predicted molar refractivity (Wildman–Crippen MR) is 135 cm³/mol. The number of nitrogens with one attached hydrogen (secondary N) is 1. The summed E-state index contributed by atoms with van der Waals surface area (Å²) in [6.07, 6.45) is -1.51. The van der Waals surface area contributed by atoms with E-state index >= 15 is 0 Å². The Morgan fingerprint density at radius 1 is 1.11 bits per heavy atom. The smallest absolute Gasteiger partial charge is 0.302 e. The molecule has 2 fully saturated rings. The molecule has 212 valence electrons. The van der Waals surface area contributed by atoms with E-state index in [0.29, 0.717) is 19.3 Å². The van der Waals surface area contributed by atoms with Crippen molar-refractivity contribution in [3.8, 4) is 0 Å². The highest BCUT2D eigenvalue weighted by molar-refractivity contribution is 5.76. The summed E-state index contributed by atoms with van der Waals surface area (Å²) in [5.41, 5.74) is 0.492. The standard InChI is InChI=1S/C27H45NO9/c1-15-10-20(35-17(3)16(15)2)12-25(31)28-26(33-9)22-13-24(36-19(5)30)27(6,7)23(37-22)11-21(32-8)14-34-18(4)29/h16-17,20-24,26H,1,10-14H2,2-9H3,(H,28,31). The summed E-state index contributed by atoms with van der Waals surface area (Å²) in [5.74, 6) is -0.795. The molecular formula is C27H45NO9. The molecule has 37 heavy (non-hydrogen) atoms. The fourth-order valence-corrected chi connectivity index (χ4v) is 4.93. The lowest BCUT2D eigenvalue weighted by Gasteiger charge is -2.49. The number of carbonyl (C=O) groups excluding carboxylic acids is 3. The van der Waals surface area contributed by atoms with Gasteiger partial charge in [0, 0.05) is 52.2 Å². The van der Waals surface area contributed by atoms with Crippen LogP contribution in [0.3, 0.4) is 0 Å². The van der Waals surface area contributed by atoms with Gasteiger partial charge in [0.15, 0.2) is 6.23 Å². The SMILES string of the molecule is C=C1CC(CC(=O)NC(OC)C2CC(OC(C)=O)C(C)(C)C(CC(COC(C)=O)OC)O2)OC(C)C1C. The van der Waals surface area contributed by atoms with Crippen molar-refractivity contribution < 1.29 is 42.8 Å². The van der Waals surface area contributed by atoms with E-state index in [1.165, 1.54) is 28.1 Å². The lowest BCUT2D eigenvalue weighted by molar-refractivity contribution is -0.225. The minimum absolute atomic E-state index is 0.00728. The Hall–Kier alpha value is -2.01. The Labute approximate surface area is 220 Å². The van der Waals surface area contributed by atoms with Crippen LogP contribution >= 0.6 is 0 Å². The van der Waals surface area contributed by atoms with Crippen LogP contribution in [0.5, 0.6) is 0 Å². The summed E-state index contributed by atoms with van der Waals surface area (Å²) in [5, 5.41) is 2.92. The molecule has 2 saturated heterocycles. The summed E-state index contributed by atoms with van der Waals surface area (Å²) in [4.78, 5) is 36.2. The first-order valence-electron chi connectivity index (χ1n) is 12.9. The molecular weight excluding hydrogens is 482 g/mol. The molecule has 0 aliphatic carbocycles. The molecule has 2 rings (SSSR count). The minimum Gasteiger partial charge on any atom is -0.463 e. The molecule has 0 aromatic carbocycles. The van der Waals surface area contributed by atoms with Gasteiger partial charge in [-0.2, -0.15) is 0 Å². The largest absolute Gasteiger partial charge is 0.463 e. The molecule has 0 aromatic rings. The van der Waals surface area contributed by atoms with Crippen molar-refractivity contribution in [2.45, 2.75) is 110 Å². The fourth-order valence-electron chi connectivity index (χ4n) is 4.93. The van der Waals surface area contributed by atoms with Crippen LogP contribution in [0.1, 0.15) is 67.2 Å². The molecule has 0 spiro atoms. The van der Waals surface area contributed by atoms with E-state index in [2.05, 4.69) is 18.8 Å². The number of hydrogen-bond acceptors (Lipinski definition) is 9. The van der Waals surface area contributed by atoms with Crippen molar-refractivity contribution in [3.63, 3.8) is 0 Å². The zero-order chi connectivity index (χ0) is 27.9. The highest BCUT2D eigenvalue weighted by atomic mass is 16.6.